The van der Waals surface area contributed by atoms with Crippen LogP contribution in [0.25, 0.3) is 11.0 Å². The minimum Gasteiger partial charge on any atom is -0.484 e. The van der Waals surface area contributed by atoms with Crippen molar-refractivity contribution in [3.8, 4) is 5.75 Å². The zero-order valence-corrected chi connectivity index (χ0v) is 17.3. The molecule has 1 atom stereocenters. The van der Waals surface area contributed by atoms with E-state index in [0.29, 0.717) is 30.9 Å². The first kappa shape index (κ1) is 21.5. The second-order valence-corrected chi connectivity index (χ2v) is 7.39. The molecular formula is C23H21FN2O6. The van der Waals surface area contributed by atoms with Crippen LogP contribution in [-0.2, 0) is 9.53 Å². The van der Waals surface area contributed by atoms with Crippen molar-refractivity contribution in [2.24, 2.45) is 5.73 Å². The molecule has 0 radical (unpaired) electrons. The Hall–Kier alpha value is -3.72. The maximum atomic E-state index is 13.8. The number of carbonyl (C=O) groups excluding carboxylic acids is 2. The molecule has 3 aromatic rings. The number of benzene rings is 2. The lowest BCUT2D eigenvalue weighted by Gasteiger charge is -2.25. The number of ether oxygens (including phenoxy) is 2. The molecule has 2 aromatic carbocycles. The largest absolute Gasteiger partial charge is 0.484 e. The molecule has 0 fully saturated rings. The predicted molar refractivity (Wildman–Crippen MR) is 113 cm³/mol. The maximum absolute atomic E-state index is 13.8. The summed E-state index contributed by atoms with van der Waals surface area (Å²) in [5.74, 6) is -1.23. The fraction of sp³-hybridized carbons (Fsp3) is 0.261. The molecule has 0 saturated carbocycles. The number of halogens is 1. The maximum Gasteiger partial charge on any atom is 0.290 e. The van der Waals surface area contributed by atoms with Gasteiger partial charge in [-0.25, -0.2) is 4.39 Å². The topological polar surface area (TPSA) is 112 Å². The molecule has 1 aliphatic heterocycles. The summed E-state index contributed by atoms with van der Waals surface area (Å²) in [7, 11) is 1.56. The van der Waals surface area contributed by atoms with Gasteiger partial charge in [-0.1, -0.05) is 12.1 Å². The number of amides is 2. The van der Waals surface area contributed by atoms with E-state index in [9.17, 15) is 18.8 Å². The van der Waals surface area contributed by atoms with Crippen LogP contribution < -0.4 is 15.9 Å². The van der Waals surface area contributed by atoms with Crippen molar-refractivity contribution in [1.82, 2.24) is 4.90 Å². The van der Waals surface area contributed by atoms with Gasteiger partial charge in [0.2, 0.25) is 5.76 Å². The lowest BCUT2D eigenvalue weighted by molar-refractivity contribution is -0.119. The quantitative estimate of drug-likeness (QED) is 0.538. The van der Waals surface area contributed by atoms with Gasteiger partial charge in [0.05, 0.1) is 17.0 Å². The smallest absolute Gasteiger partial charge is 0.290 e. The van der Waals surface area contributed by atoms with E-state index in [0.717, 1.165) is 6.07 Å². The first-order valence-electron chi connectivity index (χ1n) is 9.98. The third kappa shape index (κ3) is 3.94. The van der Waals surface area contributed by atoms with Crippen molar-refractivity contribution in [2.45, 2.75) is 12.5 Å². The number of nitrogens with two attached hydrogens (primary N) is 1. The standard InChI is InChI=1S/C23H21FN2O6/c1-30-10-2-9-26-20(13-3-6-15(7-4-13)31-12-18(25)27)19-21(28)16-11-14(24)5-8-17(16)32-22(19)23(26)29/h3-8,11,20H,2,9-10,12H2,1H3,(H2,25,27). The number of fused-ring (bicyclic) bond motifs is 2. The normalized spacial score (nSPS) is 15.2. The lowest BCUT2D eigenvalue weighted by atomic mass is 9.98. The molecule has 9 heteroatoms. The summed E-state index contributed by atoms with van der Waals surface area (Å²) in [5, 5.41) is 0.0710. The van der Waals surface area contributed by atoms with E-state index >= 15 is 0 Å². The summed E-state index contributed by atoms with van der Waals surface area (Å²) in [6.07, 6.45) is 0.550. The third-order valence-electron chi connectivity index (χ3n) is 5.25. The van der Waals surface area contributed by atoms with Gasteiger partial charge in [-0.15, -0.1) is 0 Å². The Balaban J connectivity index is 1.80. The van der Waals surface area contributed by atoms with Gasteiger partial charge in [0, 0.05) is 20.3 Å². The van der Waals surface area contributed by atoms with Crippen molar-refractivity contribution >= 4 is 22.8 Å². The van der Waals surface area contributed by atoms with Gasteiger partial charge in [-0.3, -0.25) is 14.4 Å². The monoisotopic (exact) mass is 440 g/mol. The minimum atomic E-state index is -0.719. The number of rotatable bonds is 8. The Morgan fingerprint density at radius 1 is 1.19 bits per heavy atom. The van der Waals surface area contributed by atoms with Gasteiger partial charge in [-0.2, -0.15) is 0 Å². The average molecular weight is 440 g/mol. The molecule has 0 saturated heterocycles. The van der Waals surface area contributed by atoms with Gasteiger partial charge in [0.1, 0.15) is 17.1 Å². The summed E-state index contributed by atoms with van der Waals surface area (Å²) in [4.78, 5) is 39.0. The fourth-order valence-electron chi connectivity index (χ4n) is 3.85. The van der Waals surface area contributed by atoms with E-state index in [-0.39, 0.29) is 28.9 Å². The van der Waals surface area contributed by atoms with Crippen LogP contribution >= 0.6 is 0 Å². The number of methoxy groups -OCH3 is 1. The molecule has 2 heterocycles. The Morgan fingerprint density at radius 2 is 1.94 bits per heavy atom. The van der Waals surface area contributed by atoms with E-state index in [4.69, 9.17) is 19.6 Å². The third-order valence-corrected chi connectivity index (χ3v) is 5.25. The molecule has 1 aromatic heterocycles. The second-order valence-electron chi connectivity index (χ2n) is 7.39. The zero-order valence-electron chi connectivity index (χ0n) is 17.3. The van der Waals surface area contributed by atoms with Crippen LogP contribution in [0, 0.1) is 5.82 Å². The molecule has 1 unspecified atom stereocenters. The average Bonchev–Trinajstić information content (AvgIpc) is 3.05. The van der Waals surface area contributed by atoms with E-state index < -0.39 is 29.1 Å². The van der Waals surface area contributed by atoms with Gasteiger partial charge in [-0.05, 0) is 42.3 Å². The summed E-state index contributed by atoms with van der Waals surface area (Å²) >= 11 is 0. The fourth-order valence-corrected chi connectivity index (χ4v) is 3.85. The molecule has 0 aliphatic carbocycles. The molecule has 1 aliphatic rings. The van der Waals surface area contributed by atoms with Crippen LogP contribution in [0.2, 0.25) is 0 Å². The molecule has 2 amide bonds. The van der Waals surface area contributed by atoms with Crippen LogP contribution in [-0.4, -0.2) is 43.6 Å². The molecule has 0 spiro atoms. The summed E-state index contributed by atoms with van der Waals surface area (Å²) < 4.78 is 29.9. The Morgan fingerprint density at radius 3 is 2.62 bits per heavy atom. The first-order valence-corrected chi connectivity index (χ1v) is 9.98. The van der Waals surface area contributed by atoms with Crippen molar-refractivity contribution in [3.05, 3.63) is 75.4 Å². The zero-order chi connectivity index (χ0) is 22.8. The van der Waals surface area contributed by atoms with Crippen molar-refractivity contribution < 1.29 is 27.9 Å². The van der Waals surface area contributed by atoms with Crippen molar-refractivity contribution in [1.29, 1.82) is 0 Å². The summed E-state index contributed by atoms with van der Waals surface area (Å²) in [5.41, 5.74) is 5.60. The van der Waals surface area contributed by atoms with Crippen molar-refractivity contribution in [2.75, 3.05) is 26.9 Å². The van der Waals surface area contributed by atoms with Gasteiger partial charge >= 0.3 is 0 Å². The highest BCUT2D eigenvalue weighted by Crippen LogP contribution is 2.38. The molecule has 0 bridgehead atoms. The van der Waals surface area contributed by atoms with Gasteiger partial charge in [0.25, 0.3) is 11.8 Å². The second kappa shape index (κ2) is 8.80. The molecule has 32 heavy (non-hydrogen) atoms. The van der Waals surface area contributed by atoms with E-state index in [1.165, 1.54) is 12.1 Å². The molecule has 166 valence electrons. The number of hydrogen-bond acceptors (Lipinski definition) is 6. The number of carbonyl (C=O) groups is 2. The summed E-state index contributed by atoms with van der Waals surface area (Å²) in [6, 6.07) is 9.54. The number of primary amides is 1. The van der Waals surface area contributed by atoms with Gasteiger partial charge in [0.15, 0.2) is 12.0 Å². The van der Waals surface area contributed by atoms with E-state index in [1.54, 1.807) is 36.3 Å². The molecule has 8 nitrogen and oxygen atoms in total. The molecule has 2 N–H and O–H groups in total. The number of hydrogen-bond donors (Lipinski definition) is 1. The predicted octanol–water partition coefficient (Wildman–Crippen LogP) is 2.38. The SMILES string of the molecule is COCCCN1C(=O)c2oc3ccc(F)cc3c(=O)c2C1c1ccc(OCC(N)=O)cc1. The minimum absolute atomic E-state index is 0.0504. The number of nitrogens with zero attached hydrogens (tertiary/aromatic N) is 1. The Kier molecular flexibility index (Phi) is 5.91. The molecule has 4 rings (SSSR count). The van der Waals surface area contributed by atoms with Gasteiger partial charge < -0.3 is 24.5 Å². The molecular weight excluding hydrogens is 419 g/mol. The van der Waals surface area contributed by atoms with Crippen LogP contribution in [0.1, 0.15) is 34.1 Å². The first-order chi connectivity index (χ1) is 15.4. The van der Waals surface area contributed by atoms with Crippen molar-refractivity contribution in [3.63, 3.8) is 0 Å². The lowest BCUT2D eigenvalue weighted by Crippen LogP contribution is -2.31. The summed E-state index contributed by atoms with van der Waals surface area (Å²) in [6.45, 7) is 0.487. The van der Waals surface area contributed by atoms with Crippen LogP contribution in [0.4, 0.5) is 4.39 Å². The Labute approximate surface area is 182 Å². The van der Waals surface area contributed by atoms with E-state index in [2.05, 4.69) is 0 Å². The Bertz CT molecular complexity index is 1240. The highest BCUT2D eigenvalue weighted by Gasteiger charge is 2.42. The van der Waals surface area contributed by atoms with Crippen LogP contribution in [0.3, 0.4) is 0 Å². The highest BCUT2D eigenvalue weighted by atomic mass is 19.1. The van der Waals surface area contributed by atoms with Crippen LogP contribution in [0.15, 0.2) is 51.7 Å². The van der Waals surface area contributed by atoms with Crippen LogP contribution in [0.5, 0.6) is 5.75 Å². The highest BCUT2D eigenvalue weighted by molar-refractivity contribution is 5.99. The van der Waals surface area contributed by atoms with E-state index in [1.807, 2.05) is 0 Å².